The molecular formula is C15H27N3. The lowest BCUT2D eigenvalue weighted by atomic mass is 9.72. The number of anilines is 1. The van der Waals surface area contributed by atoms with E-state index in [1.807, 2.05) is 0 Å². The van der Waals surface area contributed by atoms with Crippen LogP contribution in [0.25, 0.3) is 0 Å². The highest BCUT2D eigenvalue weighted by Gasteiger charge is 2.33. The van der Waals surface area contributed by atoms with Crippen molar-refractivity contribution >= 4 is 5.82 Å². The van der Waals surface area contributed by atoms with Crippen LogP contribution in [-0.4, -0.2) is 16.7 Å². The van der Waals surface area contributed by atoms with Gasteiger partial charge in [-0.1, -0.05) is 34.6 Å². The number of nitrogens with one attached hydrogen (secondary N) is 2. The SMILES string of the molecule is CC(C)CNc1n[nH]c2c1CCCC2C(C)(C)C. The summed E-state index contributed by atoms with van der Waals surface area (Å²) >= 11 is 0. The van der Waals surface area contributed by atoms with Gasteiger partial charge in [0.2, 0.25) is 0 Å². The average molecular weight is 249 g/mol. The van der Waals surface area contributed by atoms with Gasteiger partial charge < -0.3 is 5.32 Å². The van der Waals surface area contributed by atoms with Crippen molar-refractivity contribution in [2.45, 2.75) is 59.8 Å². The first-order valence-corrected chi connectivity index (χ1v) is 7.20. The molecular weight excluding hydrogens is 222 g/mol. The molecule has 0 radical (unpaired) electrons. The van der Waals surface area contributed by atoms with Gasteiger partial charge in [-0.05, 0) is 30.6 Å². The van der Waals surface area contributed by atoms with Crippen molar-refractivity contribution in [2.75, 3.05) is 11.9 Å². The van der Waals surface area contributed by atoms with Crippen LogP contribution >= 0.6 is 0 Å². The summed E-state index contributed by atoms with van der Waals surface area (Å²) in [5, 5.41) is 11.3. The van der Waals surface area contributed by atoms with Gasteiger partial charge in [0, 0.05) is 23.7 Å². The molecule has 0 spiro atoms. The standard InChI is InChI=1S/C15H27N3/c1-10(2)9-16-14-11-7-6-8-12(15(3,4)5)13(11)17-18-14/h10,12H,6-9H2,1-5H3,(H2,16,17,18). The third-order valence-corrected chi connectivity index (χ3v) is 3.89. The molecule has 1 aliphatic rings. The van der Waals surface area contributed by atoms with Crippen LogP contribution in [0.2, 0.25) is 0 Å². The first-order chi connectivity index (χ1) is 8.39. The van der Waals surface area contributed by atoms with Gasteiger partial charge in [0.05, 0.1) is 0 Å². The first-order valence-electron chi connectivity index (χ1n) is 7.20. The second-order valence-corrected chi connectivity index (χ2v) is 7.05. The van der Waals surface area contributed by atoms with Crippen molar-refractivity contribution in [3.8, 4) is 0 Å². The third-order valence-electron chi connectivity index (χ3n) is 3.89. The number of nitrogens with zero attached hydrogens (tertiary/aromatic N) is 1. The number of H-pyrrole nitrogens is 1. The van der Waals surface area contributed by atoms with Crippen LogP contribution in [0.15, 0.2) is 0 Å². The average Bonchev–Trinajstić information content (AvgIpc) is 2.67. The summed E-state index contributed by atoms with van der Waals surface area (Å²) in [7, 11) is 0. The Morgan fingerprint density at radius 1 is 1.39 bits per heavy atom. The molecule has 0 fully saturated rings. The molecule has 1 atom stereocenters. The highest BCUT2D eigenvalue weighted by atomic mass is 15.2. The second kappa shape index (κ2) is 4.94. The molecule has 1 heterocycles. The first kappa shape index (κ1) is 13.4. The molecule has 0 aromatic carbocycles. The summed E-state index contributed by atoms with van der Waals surface area (Å²) in [6.45, 7) is 12.4. The van der Waals surface area contributed by atoms with Gasteiger partial charge in [-0.3, -0.25) is 5.10 Å². The third kappa shape index (κ3) is 2.70. The van der Waals surface area contributed by atoms with Crippen molar-refractivity contribution in [3.63, 3.8) is 0 Å². The predicted molar refractivity (Wildman–Crippen MR) is 77.0 cm³/mol. The van der Waals surface area contributed by atoms with Gasteiger partial charge in [0.15, 0.2) is 5.82 Å². The highest BCUT2D eigenvalue weighted by Crippen LogP contribution is 2.44. The lowest BCUT2D eigenvalue weighted by Gasteiger charge is -2.33. The Hall–Kier alpha value is -0.990. The van der Waals surface area contributed by atoms with E-state index in [1.165, 1.54) is 30.5 Å². The fourth-order valence-corrected chi connectivity index (χ4v) is 2.86. The topological polar surface area (TPSA) is 40.7 Å². The molecule has 0 saturated heterocycles. The Morgan fingerprint density at radius 3 is 2.72 bits per heavy atom. The molecule has 1 aromatic heterocycles. The zero-order valence-electron chi connectivity index (χ0n) is 12.4. The number of fused-ring (bicyclic) bond motifs is 1. The van der Waals surface area contributed by atoms with Gasteiger partial charge in [-0.25, -0.2) is 0 Å². The lowest BCUT2D eigenvalue weighted by Crippen LogP contribution is -2.23. The number of hydrogen-bond acceptors (Lipinski definition) is 2. The minimum atomic E-state index is 0.316. The number of rotatable bonds is 3. The quantitative estimate of drug-likeness (QED) is 0.851. The van der Waals surface area contributed by atoms with Crippen LogP contribution in [-0.2, 0) is 6.42 Å². The van der Waals surface area contributed by atoms with E-state index >= 15 is 0 Å². The number of aromatic amines is 1. The van der Waals surface area contributed by atoms with Crippen LogP contribution in [0, 0.1) is 11.3 Å². The normalized spacial score (nSPS) is 20.0. The minimum absolute atomic E-state index is 0.316. The molecule has 102 valence electrons. The van der Waals surface area contributed by atoms with Crippen molar-refractivity contribution < 1.29 is 0 Å². The van der Waals surface area contributed by atoms with Crippen LogP contribution in [0.4, 0.5) is 5.82 Å². The Bertz CT molecular complexity index is 398. The van der Waals surface area contributed by atoms with E-state index in [9.17, 15) is 0 Å². The van der Waals surface area contributed by atoms with Gasteiger partial charge in [0.25, 0.3) is 0 Å². The van der Waals surface area contributed by atoms with E-state index in [0.29, 0.717) is 17.3 Å². The monoisotopic (exact) mass is 249 g/mol. The predicted octanol–water partition coefficient (Wildman–Crippen LogP) is 3.94. The molecule has 18 heavy (non-hydrogen) atoms. The fourth-order valence-electron chi connectivity index (χ4n) is 2.86. The summed E-state index contributed by atoms with van der Waals surface area (Å²) in [5.74, 6) is 2.36. The van der Waals surface area contributed by atoms with E-state index in [2.05, 4.69) is 50.1 Å². The molecule has 2 N–H and O–H groups in total. The molecule has 0 amide bonds. The maximum Gasteiger partial charge on any atom is 0.151 e. The molecule has 1 aliphatic carbocycles. The maximum absolute atomic E-state index is 4.50. The number of aromatic nitrogens is 2. The van der Waals surface area contributed by atoms with E-state index in [4.69, 9.17) is 0 Å². The molecule has 3 nitrogen and oxygen atoms in total. The van der Waals surface area contributed by atoms with Crippen LogP contribution in [0.5, 0.6) is 0 Å². The van der Waals surface area contributed by atoms with Gasteiger partial charge in [0.1, 0.15) is 0 Å². The van der Waals surface area contributed by atoms with Crippen molar-refractivity contribution in [3.05, 3.63) is 11.3 Å². The maximum atomic E-state index is 4.50. The zero-order valence-corrected chi connectivity index (χ0v) is 12.4. The summed E-state index contributed by atoms with van der Waals surface area (Å²) in [5.41, 5.74) is 3.12. The van der Waals surface area contributed by atoms with Gasteiger partial charge in [-0.2, -0.15) is 5.10 Å². The van der Waals surface area contributed by atoms with Crippen LogP contribution in [0.1, 0.15) is 64.6 Å². The van der Waals surface area contributed by atoms with Crippen LogP contribution < -0.4 is 5.32 Å². The Kier molecular flexibility index (Phi) is 3.69. The zero-order chi connectivity index (χ0) is 13.3. The van der Waals surface area contributed by atoms with Crippen LogP contribution in [0.3, 0.4) is 0 Å². The molecule has 3 heteroatoms. The molecule has 1 aromatic rings. The highest BCUT2D eigenvalue weighted by molar-refractivity contribution is 5.49. The fraction of sp³-hybridized carbons (Fsp3) is 0.800. The smallest absolute Gasteiger partial charge is 0.151 e. The largest absolute Gasteiger partial charge is 0.368 e. The van der Waals surface area contributed by atoms with Crippen molar-refractivity contribution in [2.24, 2.45) is 11.3 Å². The molecule has 1 unspecified atom stereocenters. The molecule has 2 rings (SSSR count). The van der Waals surface area contributed by atoms with E-state index in [-0.39, 0.29) is 0 Å². The Morgan fingerprint density at radius 2 is 2.11 bits per heavy atom. The lowest BCUT2D eigenvalue weighted by molar-refractivity contribution is 0.284. The summed E-state index contributed by atoms with van der Waals surface area (Å²) in [4.78, 5) is 0. The minimum Gasteiger partial charge on any atom is -0.368 e. The molecule has 0 bridgehead atoms. The summed E-state index contributed by atoms with van der Waals surface area (Å²) < 4.78 is 0. The second-order valence-electron chi connectivity index (χ2n) is 7.05. The Labute approximate surface area is 111 Å². The van der Waals surface area contributed by atoms with Crippen molar-refractivity contribution in [1.29, 1.82) is 0 Å². The Balaban J connectivity index is 2.21. The van der Waals surface area contributed by atoms with Gasteiger partial charge in [-0.15, -0.1) is 0 Å². The van der Waals surface area contributed by atoms with E-state index < -0.39 is 0 Å². The molecule has 0 aliphatic heterocycles. The summed E-state index contributed by atoms with van der Waals surface area (Å²) in [6.07, 6.45) is 3.73. The molecule has 0 saturated carbocycles. The van der Waals surface area contributed by atoms with E-state index in [1.54, 1.807) is 0 Å². The van der Waals surface area contributed by atoms with Crippen molar-refractivity contribution in [1.82, 2.24) is 10.2 Å². The van der Waals surface area contributed by atoms with Gasteiger partial charge >= 0.3 is 0 Å². The summed E-state index contributed by atoms with van der Waals surface area (Å²) in [6, 6.07) is 0. The van der Waals surface area contributed by atoms with E-state index in [0.717, 1.165) is 12.4 Å². The number of hydrogen-bond donors (Lipinski definition) is 2.